The number of ether oxygens (including phenoxy) is 1. The second-order valence-corrected chi connectivity index (χ2v) is 5.93. The van der Waals surface area contributed by atoms with Gasteiger partial charge in [0.25, 0.3) is 0 Å². The molecule has 0 aromatic carbocycles. The fraction of sp³-hybridized carbons (Fsp3) is 0.200. The number of pyridine rings is 2. The topological polar surface area (TPSA) is 39.4 Å². The normalized spacial score (nSPS) is 12.6. The molecule has 3 rings (SSSR count). The summed E-state index contributed by atoms with van der Waals surface area (Å²) in [6.45, 7) is -1.44. The Morgan fingerprint density at radius 2 is 1.68 bits per heavy atom. The van der Waals surface area contributed by atoms with E-state index in [1.807, 2.05) is 0 Å². The van der Waals surface area contributed by atoms with Crippen molar-refractivity contribution in [3.05, 3.63) is 48.7 Å². The van der Waals surface area contributed by atoms with Gasteiger partial charge in [-0.05, 0) is 17.7 Å². The summed E-state index contributed by atoms with van der Waals surface area (Å²) in [5, 5.41) is 0. The summed E-state index contributed by atoms with van der Waals surface area (Å²) >= 11 is 0. The van der Waals surface area contributed by atoms with Crippen LogP contribution in [-0.4, -0.2) is 27.2 Å². The van der Waals surface area contributed by atoms with Crippen molar-refractivity contribution >= 4 is 14.8 Å². The van der Waals surface area contributed by atoms with Gasteiger partial charge in [-0.25, -0.2) is 9.97 Å². The summed E-state index contributed by atoms with van der Waals surface area (Å²) < 4.78 is 69.2. The Balaban J connectivity index is 1.89. The fourth-order valence-corrected chi connectivity index (χ4v) is 2.41. The maximum Gasteiger partial charge on any atom is 0.422 e. The van der Waals surface area contributed by atoms with E-state index in [1.54, 1.807) is 12.1 Å². The zero-order chi connectivity index (χ0) is 18.2. The van der Waals surface area contributed by atoms with Gasteiger partial charge in [0.05, 0.1) is 11.7 Å². The number of nitrogens with zero attached hydrogens (tertiary/aromatic N) is 3. The molecule has 0 bridgehead atoms. The lowest BCUT2D eigenvalue weighted by atomic mass is 10.1. The van der Waals surface area contributed by atoms with E-state index >= 15 is 0 Å². The third kappa shape index (κ3) is 4.04. The molecule has 3 aromatic heterocycles. The van der Waals surface area contributed by atoms with Crippen LogP contribution in [0.4, 0.5) is 22.0 Å². The van der Waals surface area contributed by atoms with Gasteiger partial charge in [0.1, 0.15) is 0 Å². The Morgan fingerprint density at radius 1 is 0.960 bits per heavy atom. The SMILES string of the molecule is FC(F)(F)COc1ccc(-c2ccc3cnc(C(F)(F)P)n3c2)cn1. The van der Waals surface area contributed by atoms with Crippen LogP contribution in [0.5, 0.6) is 5.88 Å². The number of alkyl halides is 5. The van der Waals surface area contributed by atoms with E-state index in [1.165, 1.54) is 44.4 Å². The first kappa shape index (κ1) is 17.5. The smallest absolute Gasteiger partial charge is 0.422 e. The number of fused-ring (bicyclic) bond motifs is 1. The lowest BCUT2D eigenvalue weighted by Crippen LogP contribution is -2.19. The average molecular weight is 375 g/mol. The van der Waals surface area contributed by atoms with Crippen molar-refractivity contribution in [3.8, 4) is 17.0 Å². The van der Waals surface area contributed by atoms with Gasteiger partial charge in [0.2, 0.25) is 5.88 Å². The lowest BCUT2D eigenvalue weighted by Gasteiger charge is -2.11. The largest absolute Gasteiger partial charge is 0.468 e. The zero-order valence-corrected chi connectivity index (χ0v) is 13.6. The summed E-state index contributed by atoms with van der Waals surface area (Å²) in [5.41, 5.74) is -1.62. The number of hydrogen-bond acceptors (Lipinski definition) is 3. The van der Waals surface area contributed by atoms with Gasteiger partial charge < -0.3 is 4.74 Å². The Kier molecular flexibility index (Phi) is 4.36. The molecule has 0 aliphatic rings. The van der Waals surface area contributed by atoms with Gasteiger partial charge in [-0.15, -0.1) is 0 Å². The number of aromatic nitrogens is 3. The second kappa shape index (κ2) is 6.22. The van der Waals surface area contributed by atoms with E-state index in [9.17, 15) is 22.0 Å². The third-order valence-corrected chi connectivity index (χ3v) is 3.54. The number of halogens is 5. The first-order valence-corrected chi connectivity index (χ1v) is 7.51. The first-order valence-electron chi connectivity index (χ1n) is 6.94. The molecule has 4 nitrogen and oxygen atoms in total. The van der Waals surface area contributed by atoms with Gasteiger partial charge in [-0.3, -0.25) is 4.40 Å². The molecule has 3 aromatic rings. The van der Waals surface area contributed by atoms with Crippen LogP contribution in [0.25, 0.3) is 16.6 Å². The van der Waals surface area contributed by atoms with Crippen LogP contribution in [0.3, 0.4) is 0 Å². The molecule has 3 heterocycles. The summed E-state index contributed by atoms with van der Waals surface area (Å²) in [6, 6.07) is 6.06. The monoisotopic (exact) mass is 375 g/mol. The molecule has 1 unspecified atom stereocenters. The highest BCUT2D eigenvalue weighted by Crippen LogP contribution is 2.34. The Labute approximate surface area is 140 Å². The minimum Gasteiger partial charge on any atom is -0.468 e. The van der Waals surface area contributed by atoms with Crippen LogP contribution in [0.1, 0.15) is 5.82 Å². The minimum absolute atomic E-state index is 0.179. The highest BCUT2D eigenvalue weighted by atomic mass is 31.0. The van der Waals surface area contributed by atoms with Crippen LogP contribution in [-0.2, 0) is 5.66 Å². The molecule has 0 N–H and O–H groups in total. The maximum atomic E-state index is 13.5. The van der Waals surface area contributed by atoms with Gasteiger partial charge in [0.15, 0.2) is 12.4 Å². The van der Waals surface area contributed by atoms with Crippen molar-refractivity contribution in [2.24, 2.45) is 0 Å². The van der Waals surface area contributed by atoms with Gasteiger partial charge in [-0.1, -0.05) is 15.3 Å². The molecule has 132 valence electrons. The highest BCUT2D eigenvalue weighted by molar-refractivity contribution is 7.17. The molecule has 10 heteroatoms. The van der Waals surface area contributed by atoms with E-state index in [-0.39, 0.29) is 5.88 Å². The Morgan fingerprint density at radius 3 is 2.28 bits per heavy atom. The van der Waals surface area contributed by atoms with E-state index < -0.39 is 24.3 Å². The highest BCUT2D eigenvalue weighted by Gasteiger charge is 2.30. The van der Waals surface area contributed by atoms with Gasteiger partial charge in [0, 0.05) is 24.0 Å². The zero-order valence-electron chi connectivity index (χ0n) is 12.5. The number of hydrogen-bond donors (Lipinski definition) is 0. The van der Waals surface area contributed by atoms with Crippen molar-refractivity contribution in [2.75, 3.05) is 6.61 Å². The van der Waals surface area contributed by atoms with E-state index in [4.69, 9.17) is 0 Å². The molecular formula is C15H11F5N3OP. The summed E-state index contributed by atoms with van der Waals surface area (Å²) in [7, 11) is 1.43. The van der Waals surface area contributed by atoms with Crippen LogP contribution in [0, 0.1) is 0 Å². The van der Waals surface area contributed by atoms with Crippen molar-refractivity contribution in [2.45, 2.75) is 11.8 Å². The van der Waals surface area contributed by atoms with Crippen LogP contribution in [0.2, 0.25) is 0 Å². The molecule has 0 saturated carbocycles. The summed E-state index contributed by atoms with van der Waals surface area (Å²) in [4.78, 5) is 7.51. The molecule has 0 saturated heterocycles. The average Bonchev–Trinajstić information content (AvgIpc) is 2.96. The predicted octanol–water partition coefficient (Wildman–Crippen LogP) is 4.26. The van der Waals surface area contributed by atoms with Crippen LogP contribution >= 0.6 is 9.24 Å². The van der Waals surface area contributed by atoms with Crippen molar-refractivity contribution < 1.29 is 26.7 Å². The molecule has 1 atom stereocenters. The van der Waals surface area contributed by atoms with Crippen LogP contribution in [0.15, 0.2) is 42.9 Å². The third-order valence-electron chi connectivity index (χ3n) is 3.28. The second-order valence-electron chi connectivity index (χ2n) is 5.21. The molecule has 0 radical (unpaired) electrons. The van der Waals surface area contributed by atoms with Crippen LogP contribution < -0.4 is 4.74 Å². The Bertz CT molecular complexity index is 887. The molecule has 0 fully saturated rings. The van der Waals surface area contributed by atoms with E-state index in [2.05, 4.69) is 14.7 Å². The van der Waals surface area contributed by atoms with Crippen molar-refractivity contribution in [3.63, 3.8) is 0 Å². The number of imidazole rings is 1. The minimum atomic E-state index is -4.45. The summed E-state index contributed by atoms with van der Waals surface area (Å²) in [6.07, 6.45) is -0.360. The van der Waals surface area contributed by atoms with E-state index in [0.717, 1.165) is 0 Å². The molecule has 0 amide bonds. The van der Waals surface area contributed by atoms with E-state index in [0.29, 0.717) is 16.6 Å². The van der Waals surface area contributed by atoms with Crippen molar-refractivity contribution in [1.82, 2.24) is 14.4 Å². The fourth-order valence-electron chi connectivity index (χ4n) is 2.20. The quantitative estimate of drug-likeness (QED) is 0.505. The van der Waals surface area contributed by atoms with Gasteiger partial charge in [-0.2, -0.15) is 22.0 Å². The molecule has 0 aliphatic carbocycles. The lowest BCUT2D eigenvalue weighted by molar-refractivity contribution is -0.154. The van der Waals surface area contributed by atoms with Crippen molar-refractivity contribution in [1.29, 1.82) is 0 Å². The Hall–Kier alpha value is -2.28. The maximum absolute atomic E-state index is 13.5. The predicted molar refractivity (Wildman–Crippen MR) is 83.6 cm³/mol. The molecule has 0 spiro atoms. The summed E-state index contributed by atoms with van der Waals surface area (Å²) in [5.74, 6) is -0.616. The molecule has 0 aliphatic heterocycles. The van der Waals surface area contributed by atoms with Gasteiger partial charge >= 0.3 is 11.8 Å². The number of rotatable bonds is 4. The molecule has 25 heavy (non-hydrogen) atoms. The standard InChI is InChI=1S/C15H11F5N3OP/c16-14(17,18)8-24-12-4-2-9(5-21-12)10-1-3-11-6-22-13(15(19,20)25)23(11)7-10/h1-7H,8,25H2. The first-order chi connectivity index (χ1) is 11.6. The molecular weight excluding hydrogens is 364 g/mol.